The number of anilines is 3. The second-order valence-electron chi connectivity index (χ2n) is 6.11. The molecule has 7 nitrogen and oxygen atoms in total. The molecule has 0 bridgehead atoms. The third-order valence-corrected chi connectivity index (χ3v) is 4.74. The Morgan fingerprint density at radius 1 is 1.10 bits per heavy atom. The standard InChI is InChI=1S/C18H17N3O4S.CHF3/c1-21(2)18(25)11-6-3-7-12(15(11)22)20-14-13(16(23)17(14)24)19-9-10-5-4-8-26-10;2-1(3)4/h3-8,19-20,22H,9H2,1-2H3;1H. The van der Waals surface area contributed by atoms with Crippen molar-refractivity contribution in [1.82, 2.24) is 4.90 Å². The van der Waals surface area contributed by atoms with Gasteiger partial charge in [0, 0.05) is 25.5 Å². The molecule has 160 valence electrons. The number of nitrogens with zero attached hydrogens (tertiary/aromatic N) is 1. The Balaban J connectivity index is 0.000000735. The molecule has 1 aromatic heterocycles. The summed E-state index contributed by atoms with van der Waals surface area (Å²) in [5.41, 5.74) is -0.731. The highest BCUT2D eigenvalue weighted by Gasteiger charge is 2.23. The van der Waals surface area contributed by atoms with E-state index < -0.39 is 17.5 Å². The Bertz CT molecular complexity index is 1070. The minimum atomic E-state index is -3.67. The van der Waals surface area contributed by atoms with Crippen LogP contribution in [0.2, 0.25) is 0 Å². The average molecular weight is 441 g/mol. The predicted octanol–water partition coefficient (Wildman–Crippen LogP) is 3.29. The van der Waals surface area contributed by atoms with Crippen LogP contribution in [-0.2, 0) is 6.54 Å². The fraction of sp³-hybridized carbons (Fsp3) is 0.211. The first-order chi connectivity index (χ1) is 14.1. The molecule has 0 saturated carbocycles. The first kappa shape index (κ1) is 22.9. The van der Waals surface area contributed by atoms with E-state index in [2.05, 4.69) is 10.6 Å². The second kappa shape index (κ2) is 9.92. The quantitative estimate of drug-likeness (QED) is 0.401. The number of benzene rings is 1. The average Bonchev–Trinajstić information content (AvgIpc) is 3.20. The van der Waals surface area contributed by atoms with Crippen LogP contribution in [0.15, 0.2) is 45.3 Å². The summed E-state index contributed by atoms with van der Waals surface area (Å²) in [5.74, 6) is -0.643. The van der Waals surface area contributed by atoms with Gasteiger partial charge in [0.2, 0.25) is 0 Å². The molecule has 3 aromatic rings. The summed E-state index contributed by atoms with van der Waals surface area (Å²) in [6, 6.07) is 8.42. The van der Waals surface area contributed by atoms with Crippen LogP contribution in [0.4, 0.5) is 30.2 Å². The highest BCUT2D eigenvalue weighted by molar-refractivity contribution is 7.09. The second-order valence-corrected chi connectivity index (χ2v) is 7.15. The van der Waals surface area contributed by atoms with E-state index >= 15 is 0 Å². The minimum Gasteiger partial charge on any atom is -0.505 e. The molecule has 0 radical (unpaired) electrons. The number of alkyl halides is 3. The van der Waals surface area contributed by atoms with Gasteiger partial charge in [0.1, 0.15) is 11.4 Å². The summed E-state index contributed by atoms with van der Waals surface area (Å²) in [7, 11) is 3.15. The van der Waals surface area contributed by atoms with Crippen LogP contribution < -0.4 is 21.5 Å². The van der Waals surface area contributed by atoms with Crippen molar-refractivity contribution in [2.45, 2.75) is 13.2 Å². The molecule has 11 heteroatoms. The summed E-state index contributed by atoms with van der Waals surface area (Å²) < 4.78 is 29.0. The molecule has 0 aliphatic carbocycles. The number of phenols is 1. The van der Waals surface area contributed by atoms with Crippen molar-refractivity contribution in [3.05, 3.63) is 66.6 Å². The van der Waals surface area contributed by atoms with Crippen molar-refractivity contribution in [2.75, 3.05) is 24.7 Å². The van der Waals surface area contributed by atoms with Crippen molar-refractivity contribution in [1.29, 1.82) is 0 Å². The van der Waals surface area contributed by atoms with E-state index in [9.17, 15) is 32.7 Å². The number of hydrogen-bond acceptors (Lipinski definition) is 7. The van der Waals surface area contributed by atoms with E-state index in [1.54, 1.807) is 20.2 Å². The molecule has 2 aromatic carbocycles. The number of hydrogen-bond donors (Lipinski definition) is 3. The molecule has 3 rings (SSSR count). The van der Waals surface area contributed by atoms with Crippen molar-refractivity contribution in [2.24, 2.45) is 0 Å². The van der Waals surface area contributed by atoms with Crippen LogP contribution in [0.1, 0.15) is 15.2 Å². The largest absolute Gasteiger partial charge is 0.505 e. The highest BCUT2D eigenvalue weighted by atomic mass is 32.1. The number of rotatable bonds is 6. The highest BCUT2D eigenvalue weighted by Crippen LogP contribution is 2.32. The number of aromatic hydroxyl groups is 1. The number of para-hydroxylation sites is 1. The van der Waals surface area contributed by atoms with Crippen molar-refractivity contribution in [3.8, 4) is 5.75 Å². The molecule has 30 heavy (non-hydrogen) atoms. The molecule has 1 heterocycles. The summed E-state index contributed by atoms with van der Waals surface area (Å²) in [5, 5.41) is 18.0. The number of thiophene rings is 1. The molecular weight excluding hydrogens is 423 g/mol. The summed E-state index contributed by atoms with van der Waals surface area (Å²) >= 11 is 1.53. The summed E-state index contributed by atoms with van der Waals surface area (Å²) in [6.07, 6.45) is 0. The van der Waals surface area contributed by atoms with E-state index in [1.807, 2.05) is 17.5 Å². The lowest BCUT2D eigenvalue weighted by molar-refractivity contribution is 0.00818. The Kier molecular flexibility index (Phi) is 7.59. The van der Waals surface area contributed by atoms with Crippen molar-refractivity contribution >= 4 is 34.3 Å². The van der Waals surface area contributed by atoms with Gasteiger partial charge in [-0.25, -0.2) is 0 Å². The molecule has 0 aliphatic rings. The Morgan fingerprint density at radius 3 is 2.30 bits per heavy atom. The number of carbonyl (C=O) groups is 1. The van der Waals surface area contributed by atoms with Crippen LogP contribution in [0, 0.1) is 0 Å². The van der Waals surface area contributed by atoms with E-state index in [0.717, 1.165) is 4.88 Å². The van der Waals surface area contributed by atoms with Crippen LogP contribution >= 0.6 is 11.3 Å². The van der Waals surface area contributed by atoms with Gasteiger partial charge in [-0.05, 0) is 23.6 Å². The van der Waals surface area contributed by atoms with E-state index in [4.69, 9.17) is 0 Å². The first-order valence-corrected chi connectivity index (χ1v) is 9.33. The molecule has 0 atom stereocenters. The molecule has 3 N–H and O–H groups in total. The molecule has 0 fully saturated rings. The SMILES string of the molecule is CN(C)C(=O)c1cccc(Nc2c(NCc3cccs3)c(=O)c2=O)c1O.FC(F)F. The van der Waals surface area contributed by atoms with Crippen LogP contribution in [0.5, 0.6) is 5.75 Å². The lowest BCUT2D eigenvalue weighted by atomic mass is 10.1. The number of halogens is 3. The van der Waals surface area contributed by atoms with Crippen LogP contribution in [0.3, 0.4) is 0 Å². The van der Waals surface area contributed by atoms with Gasteiger partial charge in [-0.15, -0.1) is 11.3 Å². The molecule has 0 aliphatic heterocycles. The van der Waals surface area contributed by atoms with Gasteiger partial charge in [-0.3, -0.25) is 14.4 Å². The maximum Gasteiger partial charge on any atom is 0.379 e. The molecule has 0 saturated heterocycles. The Hall–Kier alpha value is -3.34. The third-order valence-electron chi connectivity index (χ3n) is 3.86. The van der Waals surface area contributed by atoms with Crippen LogP contribution in [0.25, 0.3) is 0 Å². The van der Waals surface area contributed by atoms with Gasteiger partial charge < -0.3 is 20.6 Å². The topological polar surface area (TPSA) is 98.7 Å². The van der Waals surface area contributed by atoms with Gasteiger partial charge in [0.25, 0.3) is 16.8 Å². The van der Waals surface area contributed by atoms with Gasteiger partial charge in [0.05, 0.1) is 11.3 Å². The number of amides is 1. The summed E-state index contributed by atoms with van der Waals surface area (Å²) in [6.45, 7) is -3.25. The molecule has 0 unspecified atom stereocenters. The first-order valence-electron chi connectivity index (χ1n) is 8.45. The zero-order chi connectivity index (χ0) is 22.4. The zero-order valence-corrected chi connectivity index (χ0v) is 16.7. The maximum atomic E-state index is 12.1. The number of nitrogens with one attached hydrogen (secondary N) is 2. The summed E-state index contributed by atoms with van der Waals surface area (Å²) in [4.78, 5) is 38.2. The van der Waals surface area contributed by atoms with E-state index in [0.29, 0.717) is 6.54 Å². The lowest BCUT2D eigenvalue weighted by Gasteiger charge is -2.17. The van der Waals surface area contributed by atoms with Gasteiger partial charge in [0.15, 0.2) is 5.75 Å². The van der Waals surface area contributed by atoms with Crippen LogP contribution in [-0.4, -0.2) is 36.7 Å². The molecular formula is C19H18F3N3O4S. The fourth-order valence-corrected chi connectivity index (χ4v) is 3.11. The van der Waals surface area contributed by atoms with Crippen molar-refractivity contribution in [3.63, 3.8) is 0 Å². The Labute approximate surface area is 173 Å². The van der Waals surface area contributed by atoms with Gasteiger partial charge in [-0.2, -0.15) is 13.2 Å². The maximum absolute atomic E-state index is 12.1. The molecule has 0 spiro atoms. The van der Waals surface area contributed by atoms with E-state index in [-0.39, 0.29) is 34.3 Å². The van der Waals surface area contributed by atoms with Crippen molar-refractivity contribution < 1.29 is 23.1 Å². The monoisotopic (exact) mass is 441 g/mol. The smallest absolute Gasteiger partial charge is 0.379 e. The normalized spacial score (nSPS) is 10.5. The van der Waals surface area contributed by atoms with E-state index in [1.165, 1.54) is 28.4 Å². The van der Waals surface area contributed by atoms with Gasteiger partial charge >= 0.3 is 6.68 Å². The number of carbonyl (C=O) groups excluding carboxylic acids is 1. The number of phenolic OH excluding ortho intramolecular Hbond substituents is 1. The van der Waals surface area contributed by atoms with Gasteiger partial charge in [-0.1, -0.05) is 12.1 Å². The zero-order valence-electron chi connectivity index (χ0n) is 15.9. The molecule has 1 amide bonds. The Morgan fingerprint density at radius 2 is 1.73 bits per heavy atom. The predicted molar refractivity (Wildman–Crippen MR) is 110 cm³/mol. The minimum absolute atomic E-state index is 0.0799. The lowest BCUT2D eigenvalue weighted by Crippen LogP contribution is -2.36. The third kappa shape index (κ3) is 5.38. The fourth-order valence-electron chi connectivity index (χ4n) is 2.46.